The van der Waals surface area contributed by atoms with Crippen molar-refractivity contribution in [2.24, 2.45) is 0 Å². The highest BCUT2D eigenvalue weighted by Crippen LogP contribution is 2.27. The Balaban J connectivity index is 1.88. The summed E-state index contributed by atoms with van der Waals surface area (Å²) in [5, 5.41) is 2.83. The summed E-state index contributed by atoms with van der Waals surface area (Å²) in [5.41, 5.74) is 3.12. The zero-order valence-corrected chi connectivity index (χ0v) is 14.6. The van der Waals surface area contributed by atoms with Crippen LogP contribution in [0.1, 0.15) is 36.5 Å². The maximum absolute atomic E-state index is 12.0. The highest BCUT2D eigenvalue weighted by atomic mass is 16.5. The molecular formula is C19H24N2O3. The van der Waals surface area contributed by atoms with Crippen molar-refractivity contribution in [3.8, 4) is 11.6 Å². The molecule has 0 aliphatic heterocycles. The Hall–Kier alpha value is -2.56. The minimum Gasteiger partial charge on any atom is -0.483 e. The zero-order valence-electron chi connectivity index (χ0n) is 14.6. The number of nitrogens with zero attached hydrogens (tertiary/aromatic N) is 1. The minimum absolute atomic E-state index is 0.00719. The van der Waals surface area contributed by atoms with Crippen LogP contribution >= 0.6 is 0 Å². The number of carbonyl (C=O) groups excluding carboxylic acids is 1. The molecule has 5 nitrogen and oxygen atoms in total. The van der Waals surface area contributed by atoms with Crippen LogP contribution in [-0.2, 0) is 11.3 Å². The molecular weight excluding hydrogens is 304 g/mol. The van der Waals surface area contributed by atoms with E-state index in [1.165, 1.54) is 0 Å². The Labute approximate surface area is 143 Å². The van der Waals surface area contributed by atoms with Gasteiger partial charge in [0.15, 0.2) is 6.61 Å². The minimum atomic E-state index is -0.165. The molecule has 1 aromatic carbocycles. The van der Waals surface area contributed by atoms with E-state index < -0.39 is 0 Å². The standard InChI is InChI=1S/C19H24N2O3/c1-13(2)16-7-5-14(3)9-17(16)24-12-18(22)20-10-15-6-8-19(23-4)21-11-15/h5-9,11,13H,10,12H2,1-4H3,(H,20,22). The normalized spacial score (nSPS) is 10.5. The van der Waals surface area contributed by atoms with E-state index in [1.807, 2.05) is 19.1 Å². The molecule has 1 amide bonds. The van der Waals surface area contributed by atoms with E-state index in [1.54, 1.807) is 19.4 Å². The highest BCUT2D eigenvalue weighted by Gasteiger charge is 2.10. The Morgan fingerprint density at radius 2 is 2.04 bits per heavy atom. The number of amides is 1. The molecule has 0 saturated carbocycles. The fraction of sp³-hybridized carbons (Fsp3) is 0.368. The Bertz CT molecular complexity index is 682. The van der Waals surface area contributed by atoms with Crippen molar-refractivity contribution in [3.05, 3.63) is 53.2 Å². The van der Waals surface area contributed by atoms with Gasteiger partial charge >= 0.3 is 0 Å². The average molecular weight is 328 g/mol. The molecule has 1 heterocycles. The Morgan fingerprint density at radius 1 is 1.25 bits per heavy atom. The maximum atomic E-state index is 12.0. The second-order valence-electron chi connectivity index (χ2n) is 5.97. The van der Waals surface area contributed by atoms with Crippen LogP contribution in [0.5, 0.6) is 11.6 Å². The van der Waals surface area contributed by atoms with Gasteiger partial charge in [-0.05, 0) is 35.6 Å². The molecule has 24 heavy (non-hydrogen) atoms. The first-order valence-corrected chi connectivity index (χ1v) is 7.98. The fourth-order valence-electron chi connectivity index (χ4n) is 2.27. The van der Waals surface area contributed by atoms with E-state index in [4.69, 9.17) is 9.47 Å². The number of pyridine rings is 1. The summed E-state index contributed by atoms with van der Waals surface area (Å²) in [6.45, 7) is 6.62. The van der Waals surface area contributed by atoms with Gasteiger partial charge in [0, 0.05) is 18.8 Å². The van der Waals surface area contributed by atoms with Gasteiger partial charge in [0.05, 0.1) is 7.11 Å². The average Bonchev–Trinajstić information content (AvgIpc) is 2.58. The van der Waals surface area contributed by atoms with Gasteiger partial charge in [-0.2, -0.15) is 0 Å². The number of rotatable bonds is 7. The van der Waals surface area contributed by atoms with Crippen molar-refractivity contribution < 1.29 is 14.3 Å². The third-order valence-electron chi connectivity index (χ3n) is 3.65. The van der Waals surface area contributed by atoms with Crippen LogP contribution in [0.3, 0.4) is 0 Å². The predicted octanol–water partition coefficient (Wildman–Crippen LogP) is 3.22. The van der Waals surface area contributed by atoms with Gasteiger partial charge in [-0.1, -0.05) is 32.0 Å². The molecule has 0 spiro atoms. The second-order valence-corrected chi connectivity index (χ2v) is 5.97. The van der Waals surface area contributed by atoms with Crippen LogP contribution in [0, 0.1) is 6.92 Å². The molecule has 2 aromatic rings. The van der Waals surface area contributed by atoms with Crippen LogP contribution in [-0.4, -0.2) is 24.6 Å². The number of methoxy groups -OCH3 is 1. The Morgan fingerprint density at radius 3 is 2.67 bits per heavy atom. The quantitative estimate of drug-likeness (QED) is 0.848. The van der Waals surface area contributed by atoms with Crippen molar-refractivity contribution in [2.45, 2.75) is 33.2 Å². The molecule has 128 valence electrons. The fourth-order valence-corrected chi connectivity index (χ4v) is 2.27. The highest BCUT2D eigenvalue weighted by molar-refractivity contribution is 5.77. The summed E-state index contributed by atoms with van der Waals surface area (Å²) < 4.78 is 10.7. The van der Waals surface area contributed by atoms with Crippen LogP contribution in [0.2, 0.25) is 0 Å². The van der Waals surface area contributed by atoms with Crippen LogP contribution < -0.4 is 14.8 Å². The van der Waals surface area contributed by atoms with Gasteiger partial charge in [-0.3, -0.25) is 4.79 Å². The first-order valence-electron chi connectivity index (χ1n) is 7.98. The van der Waals surface area contributed by atoms with E-state index in [0.717, 1.165) is 22.4 Å². The van der Waals surface area contributed by atoms with Crippen molar-refractivity contribution in [1.82, 2.24) is 10.3 Å². The number of benzene rings is 1. The first-order chi connectivity index (χ1) is 11.5. The lowest BCUT2D eigenvalue weighted by molar-refractivity contribution is -0.123. The van der Waals surface area contributed by atoms with Gasteiger partial charge < -0.3 is 14.8 Å². The lowest BCUT2D eigenvalue weighted by Crippen LogP contribution is -2.28. The maximum Gasteiger partial charge on any atom is 0.258 e. The predicted molar refractivity (Wildman–Crippen MR) is 93.4 cm³/mol. The van der Waals surface area contributed by atoms with Crippen LogP contribution in [0.4, 0.5) is 0 Å². The van der Waals surface area contributed by atoms with E-state index in [0.29, 0.717) is 18.3 Å². The summed E-state index contributed by atoms with van der Waals surface area (Å²) in [5.74, 6) is 1.50. The summed E-state index contributed by atoms with van der Waals surface area (Å²) in [6, 6.07) is 9.70. The molecule has 2 rings (SSSR count). The molecule has 0 aliphatic carbocycles. The topological polar surface area (TPSA) is 60.5 Å². The number of carbonyl (C=O) groups is 1. The number of nitrogens with one attached hydrogen (secondary N) is 1. The number of ether oxygens (including phenoxy) is 2. The molecule has 5 heteroatoms. The third kappa shape index (κ3) is 4.98. The summed E-state index contributed by atoms with van der Waals surface area (Å²) in [4.78, 5) is 16.1. The van der Waals surface area contributed by atoms with Gasteiger partial charge in [0.2, 0.25) is 5.88 Å². The Kier molecular flexibility index (Phi) is 6.18. The van der Waals surface area contributed by atoms with Gasteiger partial charge in [0.25, 0.3) is 5.91 Å². The lowest BCUT2D eigenvalue weighted by Gasteiger charge is -2.14. The molecule has 1 N–H and O–H groups in total. The van der Waals surface area contributed by atoms with Gasteiger partial charge in [-0.15, -0.1) is 0 Å². The number of aromatic nitrogens is 1. The molecule has 0 atom stereocenters. The molecule has 1 aromatic heterocycles. The molecule has 0 fully saturated rings. The molecule has 0 saturated heterocycles. The lowest BCUT2D eigenvalue weighted by atomic mass is 10.0. The van der Waals surface area contributed by atoms with Crippen LogP contribution in [0.15, 0.2) is 36.5 Å². The first kappa shape index (κ1) is 17.8. The summed E-state index contributed by atoms with van der Waals surface area (Å²) >= 11 is 0. The van der Waals surface area contributed by atoms with Gasteiger partial charge in [-0.25, -0.2) is 4.98 Å². The smallest absolute Gasteiger partial charge is 0.258 e. The van der Waals surface area contributed by atoms with E-state index in [2.05, 4.69) is 36.3 Å². The third-order valence-corrected chi connectivity index (χ3v) is 3.65. The van der Waals surface area contributed by atoms with E-state index >= 15 is 0 Å². The summed E-state index contributed by atoms with van der Waals surface area (Å²) in [7, 11) is 1.57. The molecule has 0 aliphatic rings. The van der Waals surface area contributed by atoms with Crippen LogP contribution in [0.25, 0.3) is 0 Å². The zero-order chi connectivity index (χ0) is 17.5. The largest absolute Gasteiger partial charge is 0.483 e. The van der Waals surface area contributed by atoms with Crippen molar-refractivity contribution in [1.29, 1.82) is 0 Å². The van der Waals surface area contributed by atoms with E-state index in [-0.39, 0.29) is 12.5 Å². The monoisotopic (exact) mass is 328 g/mol. The SMILES string of the molecule is COc1ccc(CNC(=O)COc2cc(C)ccc2C(C)C)cn1. The van der Waals surface area contributed by atoms with E-state index in [9.17, 15) is 4.79 Å². The van der Waals surface area contributed by atoms with Crippen molar-refractivity contribution in [2.75, 3.05) is 13.7 Å². The number of hydrogen-bond acceptors (Lipinski definition) is 4. The number of hydrogen-bond donors (Lipinski definition) is 1. The molecule has 0 radical (unpaired) electrons. The molecule has 0 unspecified atom stereocenters. The van der Waals surface area contributed by atoms with Crippen molar-refractivity contribution >= 4 is 5.91 Å². The molecule has 0 bridgehead atoms. The van der Waals surface area contributed by atoms with Crippen molar-refractivity contribution in [3.63, 3.8) is 0 Å². The van der Waals surface area contributed by atoms with Gasteiger partial charge in [0.1, 0.15) is 5.75 Å². The second kappa shape index (κ2) is 8.34. The number of aryl methyl sites for hydroxylation is 1. The summed E-state index contributed by atoms with van der Waals surface area (Å²) in [6.07, 6.45) is 1.68.